The summed E-state index contributed by atoms with van der Waals surface area (Å²) in [6, 6.07) is 7.01. The van der Waals surface area contributed by atoms with Crippen LogP contribution in [0.4, 0.5) is 10.7 Å². The number of hydrogen-bond donors (Lipinski definition) is 4. The van der Waals surface area contributed by atoms with Crippen LogP contribution in [-0.4, -0.2) is 103 Å². The number of aromatic nitrogens is 6. The third-order valence-electron chi connectivity index (χ3n) is 10.3. The Morgan fingerprint density at radius 3 is 2.56 bits per heavy atom. The Kier molecular flexibility index (Phi) is 10.4. The van der Waals surface area contributed by atoms with Gasteiger partial charge < -0.3 is 29.7 Å². The van der Waals surface area contributed by atoms with Crippen LogP contribution in [0.5, 0.6) is 11.6 Å². The number of fused-ring (bicyclic) bond motifs is 1. The van der Waals surface area contributed by atoms with Crippen molar-refractivity contribution in [1.82, 2.24) is 46.1 Å². The molecule has 2 aliphatic carbocycles. The van der Waals surface area contributed by atoms with Gasteiger partial charge in [-0.3, -0.25) is 19.7 Å². The molecule has 3 fully saturated rings. The summed E-state index contributed by atoms with van der Waals surface area (Å²) in [7, 11) is 1.56. The summed E-state index contributed by atoms with van der Waals surface area (Å²) in [5, 5.41) is 23.6. The highest BCUT2D eigenvalue weighted by atomic mass is 32.1. The summed E-state index contributed by atoms with van der Waals surface area (Å²) in [5.74, 6) is -1.28. The molecular formula is C37H44N10O7S. The molecule has 290 valence electrons. The maximum absolute atomic E-state index is 14.7. The van der Waals surface area contributed by atoms with E-state index in [-0.39, 0.29) is 37.3 Å². The molecule has 0 unspecified atom stereocenters. The number of alkyl carbamates (subject to hydrolysis) is 1. The van der Waals surface area contributed by atoms with Gasteiger partial charge in [0.05, 0.1) is 29.6 Å². The summed E-state index contributed by atoms with van der Waals surface area (Å²) in [4.78, 5) is 67.8. The highest BCUT2D eigenvalue weighted by Crippen LogP contribution is 2.45. The van der Waals surface area contributed by atoms with Crippen molar-refractivity contribution in [1.29, 1.82) is 0 Å². The highest BCUT2D eigenvalue weighted by Gasteiger charge is 2.61. The van der Waals surface area contributed by atoms with Crippen LogP contribution >= 0.6 is 11.3 Å². The van der Waals surface area contributed by atoms with Crippen LogP contribution in [-0.2, 0) is 19.1 Å². The van der Waals surface area contributed by atoms with E-state index in [0.29, 0.717) is 22.5 Å². The second-order valence-electron chi connectivity index (χ2n) is 15.1. The summed E-state index contributed by atoms with van der Waals surface area (Å²) >= 11 is 1.47. The van der Waals surface area contributed by atoms with Crippen molar-refractivity contribution in [3.63, 3.8) is 0 Å². The van der Waals surface area contributed by atoms with E-state index < -0.39 is 58.9 Å². The highest BCUT2D eigenvalue weighted by molar-refractivity contribution is 7.13. The summed E-state index contributed by atoms with van der Waals surface area (Å²) < 4.78 is 17.7. The third-order valence-corrected chi connectivity index (χ3v) is 11.2. The van der Waals surface area contributed by atoms with Crippen molar-refractivity contribution in [2.45, 2.75) is 89.1 Å². The predicted octanol–water partition coefficient (Wildman–Crippen LogP) is 4.01. The molecule has 1 saturated heterocycles. The lowest BCUT2D eigenvalue weighted by molar-refractivity contribution is -0.142. The minimum atomic E-state index is -1.37. The first kappa shape index (κ1) is 37.7. The second-order valence-corrected chi connectivity index (χ2v) is 16.1. The number of aromatic amines is 1. The molecule has 4 aromatic rings. The molecule has 1 aliphatic heterocycles. The number of nitrogens with zero attached hydrogens (tertiary/aromatic N) is 6. The molecule has 4 N–H and O–H groups in total. The Hall–Kier alpha value is -5.65. The van der Waals surface area contributed by atoms with Crippen LogP contribution in [0.1, 0.15) is 59.3 Å². The SMILES string of the molecule is C=C[C@@H]1C[C@]1(NC(=O)[C@@H]1C[C@@H](Oc2nc3cc(OC)ccc3nc2-c2cccs2)CN1C(=O)[C@@H](NC(=O)OC1CCCC1)C(C)(C)C)C(=O)Nc1nn[nH]n1. The second kappa shape index (κ2) is 15.2. The van der Waals surface area contributed by atoms with Crippen molar-refractivity contribution in [2.24, 2.45) is 11.3 Å². The van der Waals surface area contributed by atoms with Gasteiger partial charge in [-0.05, 0) is 66.3 Å². The largest absolute Gasteiger partial charge is 0.497 e. The number of methoxy groups -OCH3 is 1. The van der Waals surface area contributed by atoms with Crippen LogP contribution in [0.25, 0.3) is 21.6 Å². The first-order valence-electron chi connectivity index (χ1n) is 18.2. The van der Waals surface area contributed by atoms with Gasteiger partial charge in [0.25, 0.3) is 11.9 Å². The molecular weight excluding hydrogens is 729 g/mol. The van der Waals surface area contributed by atoms with Crippen LogP contribution in [0.2, 0.25) is 0 Å². The predicted molar refractivity (Wildman–Crippen MR) is 201 cm³/mol. The Morgan fingerprint density at radius 2 is 1.91 bits per heavy atom. The number of carbonyl (C=O) groups excluding carboxylic acids is 4. The first-order valence-corrected chi connectivity index (χ1v) is 19.1. The monoisotopic (exact) mass is 772 g/mol. The number of benzene rings is 1. The van der Waals surface area contributed by atoms with Gasteiger partial charge in [0, 0.05) is 18.4 Å². The Morgan fingerprint density at radius 1 is 1.11 bits per heavy atom. The lowest BCUT2D eigenvalue weighted by Gasteiger charge is -2.35. The molecule has 0 spiro atoms. The number of amides is 4. The number of nitrogens with one attached hydrogen (secondary N) is 4. The zero-order chi connectivity index (χ0) is 38.9. The first-order chi connectivity index (χ1) is 26.4. The van der Waals surface area contributed by atoms with Crippen molar-refractivity contribution in [2.75, 3.05) is 19.0 Å². The number of likely N-dealkylation sites (tertiary alicyclic amines) is 1. The molecule has 18 heteroatoms. The summed E-state index contributed by atoms with van der Waals surface area (Å²) in [6.45, 7) is 9.29. The number of tetrazole rings is 1. The van der Waals surface area contributed by atoms with E-state index in [1.54, 1.807) is 25.3 Å². The lowest BCUT2D eigenvalue weighted by atomic mass is 9.85. The van der Waals surface area contributed by atoms with E-state index in [0.717, 1.165) is 30.6 Å². The Balaban J connectivity index is 1.20. The lowest BCUT2D eigenvalue weighted by Crippen LogP contribution is -2.59. The topological polar surface area (TPSA) is 216 Å². The Labute approximate surface area is 321 Å². The van der Waals surface area contributed by atoms with Crippen molar-refractivity contribution < 1.29 is 33.4 Å². The van der Waals surface area contributed by atoms with Crippen LogP contribution < -0.4 is 25.4 Å². The fourth-order valence-electron chi connectivity index (χ4n) is 7.22. The van der Waals surface area contributed by atoms with Gasteiger partial charge in [-0.2, -0.15) is 5.21 Å². The zero-order valence-electron chi connectivity index (χ0n) is 31.0. The molecule has 4 amide bonds. The van der Waals surface area contributed by atoms with Crippen molar-refractivity contribution in [3.05, 3.63) is 48.4 Å². The molecule has 3 aromatic heterocycles. The van der Waals surface area contributed by atoms with Gasteiger partial charge in [0.15, 0.2) is 0 Å². The number of hydrogen-bond acceptors (Lipinski definition) is 13. The van der Waals surface area contributed by atoms with Gasteiger partial charge >= 0.3 is 6.09 Å². The summed E-state index contributed by atoms with van der Waals surface area (Å²) in [5.41, 5.74) is -0.476. The number of H-pyrrole nitrogens is 1. The van der Waals surface area contributed by atoms with E-state index in [9.17, 15) is 19.2 Å². The van der Waals surface area contributed by atoms with Crippen LogP contribution in [0, 0.1) is 11.3 Å². The van der Waals surface area contributed by atoms with Crippen LogP contribution in [0.15, 0.2) is 48.4 Å². The van der Waals surface area contributed by atoms with E-state index in [1.165, 1.54) is 16.2 Å². The molecule has 3 aliphatic rings. The van der Waals surface area contributed by atoms with Crippen molar-refractivity contribution >= 4 is 52.1 Å². The van der Waals surface area contributed by atoms with Gasteiger partial charge in [-0.25, -0.2) is 14.8 Å². The maximum Gasteiger partial charge on any atom is 0.408 e. The average Bonchev–Trinajstić information content (AvgIpc) is 3.83. The smallest absolute Gasteiger partial charge is 0.408 e. The molecule has 55 heavy (non-hydrogen) atoms. The van der Waals surface area contributed by atoms with Gasteiger partial charge in [-0.1, -0.05) is 38.0 Å². The molecule has 5 atom stereocenters. The minimum absolute atomic E-state index is 0.0303. The van der Waals surface area contributed by atoms with Crippen LogP contribution in [0.3, 0.4) is 0 Å². The quantitative estimate of drug-likeness (QED) is 0.150. The number of anilines is 1. The molecule has 0 radical (unpaired) electrons. The van der Waals surface area contributed by atoms with E-state index in [4.69, 9.17) is 24.2 Å². The van der Waals surface area contributed by atoms with Gasteiger partial charge in [0.2, 0.25) is 17.7 Å². The maximum atomic E-state index is 14.7. The normalized spacial score (nSPS) is 22.8. The molecule has 4 heterocycles. The standard InChI is InChI=1S/C37H44N10O7S/c1-6-20-18-37(20,33(50)41-34-43-45-46-44-34)42-30(48)26-17-23(19-47(26)32(49)29(36(2,3)4)40-35(51)54-21-10-7-8-11-21)53-31-28(27-12-9-15-55-27)38-24-14-13-22(52-5)16-25(24)39-31/h6,9,12-16,20-21,23,26,29H,1,7-8,10-11,17-19H2,2-5H3,(H,40,51)(H,42,48)(H2,41,43,44,45,46,50)/t20-,23-,26+,29-,37-/m1/s1. The average molecular weight is 773 g/mol. The van der Waals surface area contributed by atoms with Gasteiger partial charge in [-0.15, -0.1) is 23.0 Å². The van der Waals surface area contributed by atoms with E-state index >= 15 is 0 Å². The van der Waals surface area contributed by atoms with Crippen molar-refractivity contribution in [3.8, 4) is 22.2 Å². The van der Waals surface area contributed by atoms with E-state index in [1.807, 2.05) is 44.4 Å². The molecule has 1 aromatic carbocycles. The minimum Gasteiger partial charge on any atom is -0.497 e. The van der Waals surface area contributed by atoms with Gasteiger partial charge in [0.1, 0.15) is 41.3 Å². The zero-order valence-corrected chi connectivity index (χ0v) is 31.9. The molecule has 2 saturated carbocycles. The molecule has 17 nitrogen and oxygen atoms in total. The number of thiophene rings is 1. The fourth-order valence-corrected chi connectivity index (χ4v) is 7.93. The number of rotatable bonds is 12. The molecule has 7 rings (SSSR count). The third kappa shape index (κ3) is 7.94. The number of carbonyl (C=O) groups is 4. The van der Waals surface area contributed by atoms with E-state index in [2.05, 4.69) is 43.2 Å². The summed E-state index contributed by atoms with van der Waals surface area (Å²) in [6.07, 6.45) is 3.73. The number of ether oxygens (including phenoxy) is 3. The fraction of sp³-hybridized carbons (Fsp3) is 0.486. The Bertz CT molecular complexity index is 2070. The molecule has 0 bridgehead atoms.